The van der Waals surface area contributed by atoms with Crippen molar-refractivity contribution in [3.05, 3.63) is 139 Å². The minimum atomic E-state index is -0.516. The molecule has 0 bridgehead atoms. The number of nitrogens with one attached hydrogen (secondary N) is 2. The second kappa shape index (κ2) is 12.9. The predicted octanol–water partition coefficient (Wildman–Crippen LogP) is 7.61. The first-order chi connectivity index (χ1) is 21.0. The van der Waals surface area contributed by atoms with Gasteiger partial charge in [0.25, 0.3) is 11.8 Å². The van der Waals surface area contributed by atoms with Crippen LogP contribution in [-0.2, 0) is 9.59 Å². The Morgan fingerprint density at radius 1 is 0.791 bits per heavy atom. The van der Waals surface area contributed by atoms with E-state index in [0.717, 1.165) is 26.1 Å². The summed E-state index contributed by atoms with van der Waals surface area (Å²) in [6, 6.07) is 35.0. The molecule has 0 radical (unpaired) electrons. The molecule has 1 aromatic heterocycles. The first kappa shape index (κ1) is 28.1. The Labute approximate surface area is 257 Å². The number of nitrogens with zero attached hydrogens (tertiary/aromatic N) is 1. The van der Waals surface area contributed by atoms with Crippen LogP contribution >= 0.6 is 23.5 Å². The lowest BCUT2D eigenvalue weighted by Crippen LogP contribution is -2.30. The quantitative estimate of drug-likeness (QED) is 0.140. The summed E-state index contributed by atoms with van der Waals surface area (Å²) in [5, 5.41) is 5.55. The molecule has 0 saturated heterocycles. The maximum absolute atomic E-state index is 13.6. The van der Waals surface area contributed by atoms with Gasteiger partial charge < -0.3 is 15.1 Å². The molecule has 0 aliphatic carbocycles. The molecule has 3 amide bonds. The number of rotatable bonds is 8. The number of para-hydroxylation sites is 2. The standard InChI is InChI=1S/C34H25N3O4S2/c38-32(37-28-15-4-6-17-30(28)43-31-18-7-5-16-29(31)37)22-42-26-14-8-12-24(20-26)35-34(40)27(21-25-13-9-19-41-25)36-33(39)23-10-2-1-3-11-23/h1-21H,22H2,(H,35,40)(H,36,39)/b27-21+. The van der Waals surface area contributed by atoms with Gasteiger partial charge in [-0.2, -0.15) is 0 Å². The molecule has 2 N–H and O–H groups in total. The van der Waals surface area contributed by atoms with Gasteiger partial charge in [-0.25, -0.2) is 0 Å². The molecule has 5 aromatic rings. The van der Waals surface area contributed by atoms with Gasteiger partial charge in [0.05, 0.1) is 23.4 Å². The number of thioether (sulfide) groups is 1. The highest BCUT2D eigenvalue weighted by atomic mass is 32.2. The lowest BCUT2D eigenvalue weighted by molar-refractivity contribution is -0.115. The smallest absolute Gasteiger partial charge is 0.272 e. The summed E-state index contributed by atoms with van der Waals surface area (Å²) in [5.74, 6) is -0.372. The van der Waals surface area contributed by atoms with Crippen molar-refractivity contribution in [2.45, 2.75) is 14.7 Å². The average Bonchev–Trinajstić information content (AvgIpc) is 3.56. The SMILES string of the molecule is O=C(Nc1cccc(SCC(=O)N2c3ccccc3Sc3ccccc32)c1)/C(=C\c1ccco1)NC(=O)c1ccccc1. The maximum Gasteiger partial charge on any atom is 0.272 e. The number of carbonyl (C=O) groups excluding carboxylic acids is 3. The Morgan fingerprint density at radius 2 is 1.49 bits per heavy atom. The molecule has 4 aromatic carbocycles. The van der Waals surface area contributed by atoms with Gasteiger partial charge in [-0.1, -0.05) is 60.3 Å². The molecular weight excluding hydrogens is 579 g/mol. The molecule has 6 rings (SSSR count). The number of hydrogen-bond acceptors (Lipinski definition) is 6. The van der Waals surface area contributed by atoms with Crippen molar-refractivity contribution in [1.82, 2.24) is 5.32 Å². The topological polar surface area (TPSA) is 91.7 Å². The monoisotopic (exact) mass is 603 g/mol. The molecule has 1 aliphatic heterocycles. The Balaban J connectivity index is 1.16. The summed E-state index contributed by atoms with van der Waals surface area (Å²) in [6.07, 6.45) is 2.96. The van der Waals surface area contributed by atoms with Crippen molar-refractivity contribution < 1.29 is 18.8 Å². The zero-order chi connectivity index (χ0) is 29.6. The number of carbonyl (C=O) groups is 3. The average molecular weight is 604 g/mol. The second-order valence-electron chi connectivity index (χ2n) is 9.43. The summed E-state index contributed by atoms with van der Waals surface area (Å²) in [7, 11) is 0. The number of furan rings is 1. The molecule has 0 fully saturated rings. The van der Waals surface area contributed by atoms with E-state index in [9.17, 15) is 14.4 Å². The van der Waals surface area contributed by atoms with Crippen molar-refractivity contribution in [2.75, 3.05) is 16.0 Å². The van der Waals surface area contributed by atoms with Crippen molar-refractivity contribution in [3.8, 4) is 0 Å². The zero-order valence-electron chi connectivity index (χ0n) is 22.7. The van der Waals surface area contributed by atoms with Gasteiger partial charge in [-0.3, -0.25) is 19.3 Å². The van der Waals surface area contributed by atoms with Crippen LogP contribution in [0.15, 0.2) is 146 Å². The molecule has 212 valence electrons. The lowest BCUT2D eigenvalue weighted by atomic mass is 10.2. The van der Waals surface area contributed by atoms with Crippen molar-refractivity contribution in [3.63, 3.8) is 0 Å². The summed E-state index contributed by atoms with van der Waals surface area (Å²) < 4.78 is 5.37. The van der Waals surface area contributed by atoms with Crippen molar-refractivity contribution in [2.24, 2.45) is 0 Å². The number of amides is 3. The minimum Gasteiger partial charge on any atom is -0.465 e. The Bertz CT molecular complexity index is 1780. The van der Waals surface area contributed by atoms with Crippen LogP contribution in [0.2, 0.25) is 0 Å². The summed E-state index contributed by atoms with van der Waals surface area (Å²) >= 11 is 3.04. The molecule has 0 saturated carbocycles. The van der Waals surface area contributed by atoms with Crippen LogP contribution in [0.4, 0.5) is 17.1 Å². The fourth-order valence-corrected chi connectivity index (χ4v) is 6.37. The van der Waals surface area contributed by atoms with Gasteiger partial charge in [0, 0.05) is 32.0 Å². The molecular formula is C34H25N3O4S2. The lowest BCUT2D eigenvalue weighted by Gasteiger charge is -2.31. The molecule has 43 heavy (non-hydrogen) atoms. The van der Waals surface area contributed by atoms with E-state index >= 15 is 0 Å². The van der Waals surface area contributed by atoms with Gasteiger partial charge >= 0.3 is 0 Å². The minimum absolute atomic E-state index is 0.0253. The molecule has 7 nitrogen and oxygen atoms in total. The highest BCUT2D eigenvalue weighted by Gasteiger charge is 2.27. The largest absolute Gasteiger partial charge is 0.465 e. The van der Waals surface area contributed by atoms with E-state index in [1.165, 1.54) is 24.1 Å². The van der Waals surface area contributed by atoms with E-state index < -0.39 is 11.8 Å². The third kappa shape index (κ3) is 6.58. The third-order valence-electron chi connectivity index (χ3n) is 6.49. The summed E-state index contributed by atoms with van der Waals surface area (Å²) in [4.78, 5) is 44.4. The van der Waals surface area contributed by atoms with E-state index in [0.29, 0.717) is 17.0 Å². The maximum atomic E-state index is 13.6. The summed E-state index contributed by atoms with van der Waals surface area (Å²) in [6.45, 7) is 0. The fraction of sp³-hybridized carbons (Fsp3) is 0.0294. The van der Waals surface area contributed by atoms with E-state index in [2.05, 4.69) is 10.6 Å². The number of benzene rings is 4. The molecule has 9 heteroatoms. The first-order valence-corrected chi connectivity index (χ1v) is 15.2. The molecule has 0 spiro atoms. The highest BCUT2D eigenvalue weighted by Crippen LogP contribution is 2.48. The van der Waals surface area contributed by atoms with Crippen LogP contribution in [0.5, 0.6) is 0 Å². The normalized spacial score (nSPS) is 12.2. The first-order valence-electron chi connectivity index (χ1n) is 13.4. The van der Waals surface area contributed by atoms with E-state index in [1.807, 2.05) is 66.7 Å². The summed E-state index contributed by atoms with van der Waals surface area (Å²) in [5.41, 5.74) is 2.70. The number of fused-ring (bicyclic) bond motifs is 2. The van der Waals surface area contributed by atoms with E-state index in [4.69, 9.17) is 4.42 Å². The van der Waals surface area contributed by atoms with Crippen LogP contribution in [0.3, 0.4) is 0 Å². The highest BCUT2D eigenvalue weighted by molar-refractivity contribution is 8.00. The Kier molecular flexibility index (Phi) is 8.44. The van der Waals surface area contributed by atoms with Crippen LogP contribution in [0, 0.1) is 0 Å². The zero-order valence-corrected chi connectivity index (χ0v) is 24.4. The molecule has 0 unspecified atom stereocenters. The number of anilines is 3. The number of hydrogen-bond donors (Lipinski definition) is 2. The van der Waals surface area contributed by atoms with Crippen LogP contribution in [0.25, 0.3) is 6.08 Å². The van der Waals surface area contributed by atoms with Gasteiger partial charge in [-0.05, 0) is 66.7 Å². The fourth-order valence-electron chi connectivity index (χ4n) is 4.50. The van der Waals surface area contributed by atoms with Crippen LogP contribution in [-0.4, -0.2) is 23.5 Å². The van der Waals surface area contributed by atoms with Gasteiger partial charge in [0.15, 0.2) is 0 Å². The molecule has 1 aliphatic rings. The van der Waals surface area contributed by atoms with Gasteiger partial charge in [0.1, 0.15) is 11.5 Å². The van der Waals surface area contributed by atoms with E-state index in [1.54, 1.807) is 65.2 Å². The molecule has 0 atom stereocenters. The van der Waals surface area contributed by atoms with Gasteiger partial charge in [-0.15, -0.1) is 11.8 Å². The Morgan fingerprint density at radius 3 is 2.19 bits per heavy atom. The second-order valence-corrected chi connectivity index (χ2v) is 11.6. The predicted molar refractivity (Wildman–Crippen MR) is 171 cm³/mol. The van der Waals surface area contributed by atoms with Crippen molar-refractivity contribution >= 4 is 64.4 Å². The molecule has 2 heterocycles. The Hall–Kier alpha value is -4.99. The van der Waals surface area contributed by atoms with E-state index in [-0.39, 0.29) is 17.4 Å². The van der Waals surface area contributed by atoms with Gasteiger partial charge in [0.2, 0.25) is 5.91 Å². The van der Waals surface area contributed by atoms with Crippen LogP contribution < -0.4 is 15.5 Å². The van der Waals surface area contributed by atoms with Crippen molar-refractivity contribution in [1.29, 1.82) is 0 Å². The third-order valence-corrected chi connectivity index (χ3v) is 8.60. The van der Waals surface area contributed by atoms with Crippen LogP contribution in [0.1, 0.15) is 16.1 Å².